The van der Waals surface area contributed by atoms with Crippen LogP contribution >= 0.6 is 12.6 Å². The van der Waals surface area contributed by atoms with Gasteiger partial charge in [0.25, 0.3) is 0 Å². The lowest BCUT2D eigenvalue weighted by Crippen LogP contribution is -2.18. The van der Waals surface area contributed by atoms with Crippen molar-refractivity contribution in [1.29, 1.82) is 0 Å². The molecular weight excluding hydrogens is 324 g/mol. The van der Waals surface area contributed by atoms with Crippen LogP contribution in [0.2, 0.25) is 0 Å². The Morgan fingerprint density at radius 3 is 1.84 bits per heavy atom. The topological polar surface area (TPSA) is 31.5 Å². The maximum absolute atomic E-state index is 4.97. The van der Waals surface area contributed by atoms with Gasteiger partial charge in [-0.2, -0.15) is 12.6 Å². The summed E-state index contributed by atoms with van der Waals surface area (Å²) in [6.45, 7) is 4.59. The van der Waals surface area contributed by atoms with Gasteiger partial charge in [-0.3, -0.25) is 0 Å². The first-order chi connectivity index (χ1) is 11.8. The zero-order chi connectivity index (χ0) is 17.5. The van der Waals surface area contributed by atoms with E-state index in [4.69, 9.17) is 12.6 Å². The predicted molar refractivity (Wildman–Crippen MR) is 117 cm³/mol. The molecule has 0 saturated carbocycles. The highest BCUT2D eigenvalue weighted by molar-refractivity contribution is 7.81. The van der Waals surface area contributed by atoms with Gasteiger partial charge in [-0.1, -0.05) is 108 Å². The van der Waals surface area contributed by atoms with Crippen molar-refractivity contribution in [2.45, 2.75) is 103 Å². The lowest BCUT2D eigenvalue weighted by Gasteiger charge is -2.23. The van der Waals surface area contributed by atoms with Crippen molar-refractivity contribution in [2.75, 3.05) is 0 Å². The van der Waals surface area contributed by atoms with E-state index in [9.17, 15) is 0 Å². The third kappa shape index (κ3) is 12.5. The highest BCUT2D eigenvalue weighted by Crippen LogP contribution is 2.26. The largest absolute Gasteiger partial charge is 0.412 e. The SMILES string of the molecule is CCCCCCCCCCCC(S)C(CCC)Cc1ccccc1.O. The van der Waals surface area contributed by atoms with Crippen LogP contribution in [-0.4, -0.2) is 10.7 Å². The van der Waals surface area contributed by atoms with Crippen molar-refractivity contribution < 1.29 is 5.48 Å². The molecule has 2 atom stereocenters. The molecule has 0 fully saturated rings. The molecule has 2 unspecified atom stereocenters. The number of hydrogen-bond acceptors (Lipinski definition) is 1. The molecule has 2 heteroatoms. The number of rotatable bonds is 15. The molecule has 0 spiro atoms. The van der Waals surface area contributed by atoms with Gasteiger partial charge in [-0.05, 0) is 30.7 Å². The van der Waals surface area contributed by atoms with Gasteiger partial charge >= 0.3 is 0 Å². The fourth-order valence-electron chi connectivity index (χ4n) is 3.62. The van der Waals surface area contributed by atoms with Gasteiger partial charge in [0.15, 0.2) is 0 Å². The molecule has 2 N–H and O–H groups in total. The Balaban J connectivity index is 0.00000576. The van der Waals surface area contributed by atoms with E-state index >= 15 is 0 Å². The van der Waals surface area contributed by atoms with Crippen molar-refractivity contribution in [1.82, 2.24) is 0 Å². The van der Waals surface area contributed by atoms with E-state index in [2.05, 4.69) is 44.2 Å². The van der Waals surface area contributed by atoms with Crippen molar-refractivity contribution in [3.8, 4) is 0 Å². The van der Waals surface area contributed by atoms with Crippen LogP contribution in [0.25, 0.3) is 0 Å². The second-order valence-corrected chi connectivity index (χ2v) is 8.09. The summed E-state index contributed by atoms with van der Waals surface area (Å²) < 4.78 is 0. The van der Waals surface area contributed by atoms with Crippen LogP contribution in [0.15, 0.2) is 30.3 Å². The monoisotopic (exact) mass is 366 g/mol. The first-order valence-corrected chi connectivity index (χ1v) is 11.0. The Morgan fingerprint density at radius 2 is 1.28 bits per heavy atom. The van der Waals surface area contributed by atoms with Crippen LogP contribution in [0.5, 0.6) is 0 Å². The molecule has 0 aromatic heterocycles. The summed E-state index contributed by atoms with van der Waals surface area (Å²) >= 11 is 4.97. The van der Waals surface area contributed by atoms with E-state index < -0.39 is 0 Å². The van der Waals surface area contributed by atoms with Gasteiger partial charge < -0.3 is 5.48 Å². The average Bonchev–Trinajstić information content (AvgIpc) is 2.60. The summed E-state index contributed by atoms with van der Waals surface area (Å²) in [5, 5.41) is 0.565. The molecule has 0 amide bonds. The van der Waals surface area contributed by atoms with Crippen molar-refractivity contribution in [3.63, 3.8) is 0 Å². The Bertz CT molecular complexity index is 379. The molecule has 0 heterocycles. The predicted octanol–water partition coefficient (Wildman–Crippen LogP) is 7.04. The minimum atomic E-state index is 0. The molecule has 1 aromatic carbocycles. The minimum absolute atomic E-state index is 0. The third-order valence-electron chi connectivity index (χ3n) is 5.15. The quantitative estimate of drug-likeness (QED) is 0.255. The van der Waals surface area contributed by atoms with E-state index in [1.807, 2.05) is 0 Å². The van der Waals surface area contributed by atoms with Crippen LogP contribution in [-0.2, 0) is 6.42 Å². The van der Waals surface area contributed by atoms with E-state index in [-0.39, 0.29) is 5.48 Å². The number of benzene rings is 1. The summed E-state index contributed by atoms with van der Waals surface area (Å²) in [7, 11) is 0. The highest BCUT2D eigenvalue weighted by Gasteiger charge is 2.17. The molecule has 0 bridgehead atoms. The van der Waals surface area contributed by atoms with Gasteiger partial charge in [0.05, 0.1) is 0 Å². The highest BCUT2D eigenvalue weighted by atomic mass is 32.1. The normalized spacial score (nSPS) is 13.2. The number of thiol groups is 1. The molecule has 1 nitrogen and oxygen atoms in total. The molecule has 146 valence electrons. The zero-order valence-electron chi connectivity index (χ0n) is 16.7. The summed E-state index contributed by atoms with van der Waals surface area (Å²) in [4.78, 5) is 0. The van der Waals surface area contributed by atoms with E-state index in [1.54, 1.807) is 0 Å². The molecule has 0 radical (unpaired) electrons. The molecule has 1 rings (SSSR count). The lowest BCUT2D eigenvalue weighted by atomic mass is 9.89. The van der Waals surface area contributed by atoms with Gasteiger partial charge in [-0.25, -0.2) is 0 Å². The molecule has 25 heavy (non-hydrogen) atoms. The summed E-state index contributed by atoms with van der Waals surface area (Å²) in [5.41, 5.74) is 1.47. The molecule has 0 aliphatic heterocycles. The van der Waals surface area contributed by atoms with E-state index in [0.717, 1.165) is 5.92 Å². The Morgan fingerprint density at radius 1 is 0.720 bits per heavy atom. The third-order valence-corrected chi connectivity index (χ3v) is 5.83. The fourth-order valence-corrected chi connectivity index (χ4v) is 4.06. The average molecular weight is 367 g/mol. The second kappa shape index (κ2) is 17.0. The van der Waals surface area contributed by atoms with Gasteiger partial charge in [-0.15, -0.1) is 0 Å². The van der Waals surface area contributed by atoms with Gasteiger partial charge in [0, 0.05) is 5.25 Å². The summed E-state index contributed by atoms with van der Waals surface area (Å²) in [5.74, 6) is 0.731. The fraction of sp³-hybridized carbons (Fsp3) is 0.739. The Kier molecular flexibility index (Phi) is 16.7. The van der Waals surface area contributed by atoms with E-state index in [1.165, 1.54) is 89.0 Å². The standard InChI is InChI=1S/C23H40S.H2O/c1-3-5-6-7-8-9-10-11-15-19-23(24)22(16-4-2)20-21-17-13-12-14-18-21;/h12-14,17-18,22-24H,3-11,15-16,19-20H2,1-2H3;1H2. The first kappa shape index (κ1) is 24.5. The van der Waals surface area contributed by atoms with Crippen LogP contribution in [0, 0.1) is 5.92 Å². The zero-order valence-corrected chi connectivity index (χ0v) is 17.6. The Labute approximate surface area is 162 Å². The van der Waals surface area contributed by atoms with Gasteiger partial charge in [0.2, 0.25) is 0 Å². The molecule has 0 saturated heterocycles. The summed E-state index contributed by atoms with van der Waals surface area (Å²) in [6.07, 6.45) is 17.8. The molecular formula is C23H42OS. The smallest absolute Gasteiger partial charge is 0.00482 e. The van der Waals surface area contributed by atoms with Crippen LogP contribution in [0.4, 0.5) is 0 Å². The van der Waals surface area contributed by atoms with Crippen molar-refractivity contribution >= 4 is 12.6 Å². The summed E-state index contributed by atoms with van der Waals surface area (Å²) in [6, 6.07) is 11.0. The first-order valence-electron chi connectivity index (χ1n) is 10.5. The van der Waals surface area contributed by atoms with Crippen LogP contribution < -0.4 is 0 Å². The maximum atomic E-state index is 4.97. The second-order valence-electron chi connectivity index (χ2n) is 7.42. The van der Waals surface area contributed by atoms with Crippen molar-refractivity contribution in [3.05, 3.63) is 35.9 Å². The minimum Gasteiger partial charge on any atom is -0.412 e. The molecule has 0 aliphatic carbocycles. The van der Waals surface area contributed by atoms with Crippen molar-refractivity contribution in [2.24, 2.45) is 5.92 Å². The number of unbranched alkanes of at least 4 members (excludes halogenated alkanes) is 8. The van der Waals surface area contributed by atoms with Crippen LogP contribution in [0.3, 0.4) is 0 Å². The lowest BCUT2D eigenvalue weighted by molar-refractivity contribution is 0.430. The maximum Gasteiger partial charge on any atom is 0.00482 e. The van der Waals surface area contributed by atoms with Gasteiger partial charge in [0.1, 0.15) is 0 Å². The number of hydrogen-bond donors (Lipinski definition) is 1. The van der Waals surface area contributed by atoms with Crippen LogP contribution in [0.1, 0.15) is 96.5 Å². The Hall–Kier alpha value is -0.470. The molecule has 0 aliphatic rings. The molecule has 1 aromatic rings. The van der Waals surface area contributed by atoms with E-state index in [0.29, 0.717) is 5.25 Å².